The van der Waals surface area contributed by atoms with Crippen molar-refractivity contribution in [2.75, 3.05) is 18.4 Å². The second kappa shape index (κ2) is 7.86. The number of hydrogen-bond acceptors (Lipinski definition) is 4. The summed E-state index contributed by atoms with van der Waals surface area (Å²) in [5.41, 5.74) is 1.00. The van der Waals surface area contributed by atoms with Crippen molar-refractivity contribution in [3.63, 3.8) is 0 Å². The molecule has 2 rings (SSSR count). The first-order valence-corrected chi connectivity index (χ1v) is 7.52. The van der Waals surface area contributed by atoms with Crippen molar-refractivity contribution in [1.29, 1.82) is 0 Å². The largest absolute Gasteiger partial charge is 0.405 e. The Morgan fingerprint density at radius 2 is 1.72 bits per heavy atom. The van der Waals surface area contributed by atoms with Crippen LogP contribution >= 0.6 is 0 Å². The Labute approximate surface area is 141 Å². The highest BCUT2D eigenvalue weighted by Crippen LogP contribution is 2.19. The highest BCUT2D eigenvalue weighted by molar-refractivity contribution is 5.96. The van der Waals surface area contributed by atoms with Gasteiger partial charge in [-0.2, -0.15) is 13.2 Å². The molecule has 25 heavy (non-hydrogen) atoms. The number of amides is 4. The van der Waals surface area contributed by atoms with E-state index in [0.717, 1.165) is 12.8 Å². The Kier molecular flexibility index (Phi) is 5.84. The molecule has 4 N–H and O–H groups in total. The molecule has 0 spiro atoms. The molecule has 0 saturated heterocycles. The zero-order valence-electron chi connectivity index (χ0n) is 13.1. The van der Waals surface area contributed by atoms with Gasteiger partial charge in [-0.3, -0.25) is 14.9 Å². The quantitative estimate of drug-likeness (QED) is 0.617. The summed E-state index contributed by atoms with van der Waals surface area (Å²) < 4.78 is 35.8. The number of nitrogens with one attached hydrogen (secondary N) is 4. The summed E-state index contributed by atoms with van der Waals surface area (Å²) in [5.74, 6) is -0.969. The van der Waals surface area contributed by atoms with E-state index in [1.165, 1.54) is 5.32 Å². The van der Waals surface area contributed by atoms with Crippen LogP contribution in [0.1, 0.15) is 23.2 Å². The lowest BCUT2D eigenvalue weighted by molar-refractivity contribution is -0.124. The molecule has 1 fully saturated rings. The molecule has 0 bridgehead atoms. The van der Waals surface area contributed by atoms with E-state index in [0.29, 0.717) is 11.3 Å². The van der Waals surface area contributed by atoms with Crippen molar-refractivity contribution >= 4 is 23.5 Å². The summed E-state index contributed by atoms with van der Waals surface area (Å²) in [6.07, 6.45) is -2.58. The highest BCUT2D eigenvalue weighted by atomic mass is 19.4. The van der Waals surface area contributed by atoms with E-state index in [9.17, 15) is 27.6 Å². The normalized spacial score (nSPS) is 13.7. The van der Waals surface area contributed by atoms with E-state index in [-0.39, 0.29) is 18.5 Å². The molecular weight excluding hydrogens is 341 g/mol. The van der Waals surface area contributed by atoms with E-state index in [1.807, 2.05) is 0 Å². The predicted octanol–water partition coefficient (Wildman–Crippen LogP) is 1.38. The van der Waals surface area contributed by atoms with Gasteiger partial charge in [0.25, 0.3) is 5.91 Å². The third-order valence-electron chi connectivity index (χ3n) is 3.22. The summed E-state index contributed by atoms with van der Waals surface area (Å²) in [6.45, 7) is -1.84. The lowest BCUT2D eigenvalue weighted by Crippen LogP contribution is -2.45. The zero-order chi connectivity index (χ0) is 18.4. The van der Waals surface area contributed by atoms with Crippen LogP contribution in [0.4, 0.5) is 23.7 Å². The minimum Gasteiger partial charge on any atom is -0.376 e. The van der Waals surface area contributed by atoms with Crippen LogP contribution in [0.25, 0.3) is 0 Å². The molecule has 0 atom stereocenters. The second-order valence-corrected chi connectivity index (χ2v) is 5.52. The maximum atomic E-state index is 11.9. The topological polar surface area (TPSA) is 99.3 Å². The number of anilines is 1. The average molecular weight is 358 g/mol. The standard InChI is InChI=1S/C15H17F3N4O3/c16-15(17,18)8-20-14(25)22-12(23)7-19-10-3-1-9(2-4-10)13(24)21-11-5-6-11/h1-4,11,19H,5-8H2,(H,21,24)(H2,20,22,23,25). The van der Waals surface area contributed by atoms with Gasteiger partial charge < -0.3 is 16.0 Å². The molecule has 136 valence electrons. The lowest BCUT2D eigenvalue weighted by atomic mass is 10.2. The van der Waals surface area contributed by atoms with Crippen LogP contribution < -0.4 is 21.3 Å². The van der Waals surface area contributed by atoms with E-state index < -0.39 is 24.7 Å². The first-order valence-electron chi connectivity index (χ1n) is 7.52. The van der Waals surface area contributed by atoms with Crippen molar-refractivity contribution in [1.82, 2.24) is 16.0 Å². The Hall–Kier alpha value is -2.78. The summed E-state index contributed by atoms with van der Waals surface area (Å²) in [7, 11) is 0. The molecule has 0 aliphatic heterocycles. The van der Waals surface area contributed by atoms with Gasteiger partial charge in [0, 0.05) is 17.3 Å². The van der Waals surface area contributed by atoms with Crippen molar-refractivity contribution in [2.24, 2.45) is 0 Å². The van der Waals surface area contributed by atoms with E-state index in [2.05, 4.69) is 10.6 Å². The Morgan fingerprint density at radius 1 is 1.08 bits per heavy atom. The van der Waals surface area contributed by atoms with Gasteiger partial charge in [-0.15, -0.1) is 0 Å². The van der Waals surface area contributed by atoms with Crippen molar-refractivity contribution in [2.45, 2.75) is 25.1 Å². The lowest BCUT2D eigenvalue weighted by Gasteiger charge is -2.10. The zero-order valence-corrected chi connectivity index (χ0v) is 13.1. The fourth-order valence-electron chi connectivity index (χ4n) is 1.81. The van der Waals surface area contributed by atoms with E-state index >= 15 is 0 Å². The van der Waals surface area contributed by atoms with Crippen molar-refractivity contribution in [3.8, 4) is 0 Å². The number of carbonyl (C=O) groups is 3. The number of alkyl halides is 3. The fourth-order valence-corrected chi connectivity index (χ4v) is 1.81. The first kappa shape index (κ1) is 18.6. The predicted molar refractivity (Wildman–Crippen MR) is 83.0 cm³/mol. The van der Waals surface area contributed by atoms with Gasteiger partial charge in [-0.25, -0.2) is 4.79 Å². The number of urea groups is 1. The van der Waals surface area contributed by atoms with Gasteiger partial charge in [0.2, 0.25) is 5.91 Å². The Morgan fingerprint density at radius 3 is 2.28 bits per heavy atom. The molecule has 1 saturated carbocycles. The molecule has 0 unspecified atom stereocenters. The van der Waals surface area contributed by atoms with Gasteiger partial charge in [0.05, 0.1) is 6.54 Å². The minimum absolute atomic E-state index is 0.173. The van der Waals surface area contributed by atoms with Gasteiger partial charge in [-0.1, -0.05) is 0 Å². The van der Waals surface area contributed by atoms with Crippen LogP contribution in [0.2, 0.25) is 0 Å². The molecule has 10 heteroatoms. The number of rotatable bonds is 6. The number of benzene rings is 1. The third-order valence-corrected chi connectivity index (χ3v) is 3.22. The first-order chi connectivity index (χ1) is 11.7. The number of halogens is 3. The van der Waals surface area contributed by atoms with Crippen LogP contribution in [0.3, 0.4) is 0 Å². The molecule has 7 nitrogen and oxygen atoms in total. The van der Waals surface area contributed by atoms with Gasteiger partial charge in [0.1, 0.15) is 6.54 Å². The van der Waals surface area contributed by atoms with Crippen molar-refractivity contribution in [3.05, 3.63) is 29.8 Å². The molecule has 0 aromatic heterocycles. The monoisotopic (exact) mass is 358 g/mol. The van der Waals surface area contributed by atoms with Crippen LogP contribution in [0.5, 0.6) is 0 Å². The highest BCUT2D eigenvalue weighted by Gasteiger charge is 2.28. The van der Waals surface area contributed by atoms with Gasteiger partial charge >= 0.3 is 12.2 Å². The summed E-state index contributed by atoms with van der Waals surface area (Å²) in [4.78, 5) is 34.4. The van der Waals surface area contributed by atoms with Crippen molar-refractivity contribution < 1.29 is 27.6 Å². The molecule has 0 heterocycles. The van der Waals surface area contributed by atoms with Crippen LogP contribution in [0, 0.1) is 0 Å². The number of hydrogen-bond donors (Lipinski definition) is 4. The van der Waals surface area contributed by atoms with E-state index in [1.54, 1.807) is 29.6 Å². The maximum absolute atomic E-state index is 11.9. The molecule has 4 amide bonds. The van der Waals surface area contributed by atoms with Crippen LogP contribution in [-0.4, -0.2) is 43.2 Å². The third kappa shape index (κ3) is 7.10. The Balaban J connectivity index is 1.72. The molecule has 1 aromatic rings. The molecule has 1 aromatic carbocycles. The molecule has 0 radical (unpaired) electrons. The summed E-state index contributed by atoms with van der Waals surface area (Å²) >= 11 is 0. The van der Waals surface area contributed by atoms with E-state index in [4.69, 9.17) is 0 Å². The smallest absolute Gasteiger partial charge is 0.376 e. The number of carbonyl (C=O) groups excluding carboxylic acids is 3. The van der Waals surface area contributed by atoms with Gasteiger partial charge in [0.15, 0.2) is 0 Å². The molecule has 1 aliphatic carbocycles. The number of imide groups is 1. The molecular formula is C15H17F3N4O3. The fraction of sp³-hybridized carbons (Fsp3) is 0.400. The summed E-state index contributed by atoms with van der Waals surface area (Å²) in [6, 6.07) is 5.34. The maximum Gasteiger partial charge on any atom is 0.405 e. The SMILES string of the molecule is O=C(CNc1ccc(C(=O)NC2CC2)cc1)NC(=O)NCC(F)(F)F. The average Bonchev–Trinajstić information content (AvgIpc) is 3.35. The van der Waals surface area contributed by atoms with Crippen LogP contribution in [0.15, 0.2) is 24.3 Å². The summed E-state index contributed by atoms with van der Waals surface area (Å²) in [5, 5.41) is 8.82. The Bertz CT molecular complexity index is 642. The van der Waals surface area contributed by atoms with Crippen LogP contribution in [-0.2, 0) is 4.79 Å². The molecule has 1 aliphatic rings. The van der Waals surface area contributed by atoms with Gasteiger partial charge in [-0.05, 0) is 37.1 Å². The minimum atomic E-state index is -4.55. The second-order valence-electron chi connectivity index (χ2n) is 5.52.